The number of rotatable bonds is 6. The van der Waals surface area contributed by atoms with E-state index in [9.17, 15) is 0 Å². The minimum Gasteiger partial charge on any atom is -0.493 e. The van der Waals surface area contributed by atoms with Crippen LogP contribution in [0.15, 0.2) is 35.4 Å². The Bertz CT molecular complexity index is 1190. The van der Waals surface area contributed by atoms with E-state index in [2.05, 4.69) is 36.8 Å². The zero-order chi connectivity index (χ0) is 20.4. The van der Waals surface area contributed by atoms with Crippen molar-refractivity contribution in [1.82, 2.24) is 20.2 Å². The normalized spacial score (nSPS) is 11.3. The van der Waals surface area contributed by atoms with Gasteiger partial charge in [0.15, 0.2) is 17.1 Å². The Morgan fingerprint density at radius 1 is 1.00 bits per heavy atom. The van der Waals surface area contributed by atoms with E-state index in [0.29, 0.717) is 22.9 Å². The first-order valence-corrected chi connectivity index (χ1v) is 8.84. The first kappa shape index (κ1) is 18.5. The van der Waals surface area contributed by atoms with E-state index in [1.807, 2.05) is 19.1 Å². The van der Waals surface area contributed by atoms with Gasteiger partial charge in [0.1, 0.15) is 5.52 Å². The lowest BCUT2D eigenvalue weighted by atomic mass is 10.2. The Kier molecular flexibility index (Phi) is 4.86. The third-order valence-electron chi connectivity index (χ3n) is 4.44. The van der Waals surface area contributed by atoms with Gasteiger partial charge in [-0.25, -0.2) is 5.43 Å². The Morgan fingerprint density at radius 3 is 2.45 bits per heavy atom. The number of aromatic nitrogens is 4. The summed E-state index contributed by atoms with van der Waals surface area (Å²) in [6, 6.07) is 9.67. The predicted molar refractivity (Wildman–Crippen MR) is 111 cm³/mol. The van der Waals surface area contributed by atoms with Crippen LogP contribution in [-0.4, -0.2) is 47.7 Å². The maximum Gasteiger partial charge on any atom is 0.265 e. The van der Waals surface area contributed by atoms with Gasteiger partial charge < -0.3 is 19.2 Å². The number of nitrogens with zero attached hydrogens (tertiary/aromatic N) is 4. The molecule has 9 nitrogen and oxygen atoms in total. The molecule has 4 aromatic rings. The highest BCUT2D eigenvalue weighted by Crippen LogP contribution is 2.37. The third-order valence-corrected chi connectivity index (χ3v) is 4.44. The smallest absolute Gasteiger partial charge is 0.265 e. The van der Waals surface area contributed by atoms with Crippen LogP contribution in [0.2, 0.25) is 0 Å². The summed E-state index contributed by atoms with van der Waals surface area (Å²) in [5.74, 6) is 1.89. The van der Waals surface area contributed by atoms with Crippen LogP contribution in [0.4, 0.5) is 5.95 Å². The summed E-state index contributed by atoms with van der Waals surface area (Å²) < 4.78 is 16.0. The average molecular weight is 392 g/mol. The number of fused-ring (bicyclic) bond motifs is 3. The summed E-state index contributed by atoms with van der Waals surface area (Å²) >= 11 is 0. The SMILES string of the molecule is COc1cc(/C=N/Nc2nnc3c(n2)[nH]c2ccc(C)cc23)cc(OC)c1OC. The highest BCUT2D eigenvalue weighted by Gasteiger charge is 2.12. The Morgan fingerprint density at radius 2 is 1.76 bits per heavy atom. The zero-order valence-electron chi connectivity index (χ0n) is 16.5. The molecule has 0 radical (unpaired) electrons. The second-order valence-electron chi connectivity index (χ2n) is 6.34. The van der Waals surface area contributed by atoms with Gasteiger partial charge in [-0.15, -0.1) is 10.2 Å². The summed E-state index contributed by atoms with van der Waals surface area (Å²) in [6.07, 6.45) is 1.60. The minimum atomic E-state index is 0.282. The molecule has 0 saturated heterocycles. The molecule has 0 amide bonds. The Balaban J connectivity index is 1.59. The standard InChI is InChI=1S/C20H20N6O3/c1-11-5-6-14-13(7-11)17-19(22-14)23-20(26-24-17)25-21-10-12-8-15(27-2)18(29-4)16(9-12)28-3/h5-10H,1-4H3,(H2,22,23,25,26)/b21-10+. The number of benzene rings is 2. The number of anilines is 1. The molecule has 0 unspecified atom stereocenters. The van der Waals surface area contributed by atoms with Gasteiger partial charge in [-0.05, 0) is 31.2 Å². The maximum absolute atomic E-state index is 5.34. The highest BCUT2D eigenvalue weighted by molar-refractivity contribution is 6.03. The first-order chi connectivity index (χ1) is 14.1. The number of H-pyrrole nitrogens is 1. The number of methoxy groups -OCH3 is 3. The molecule has 0 saturated carbocycles. The fourth-order valence-electron chi connectivity index (χ4n) is 3.07. The number of hydrogen-bond acceptors (Lipinski definition) is 8. The predicted octanol–water partition coefficient (Wildman–Crippen LogP) is 3.29. The second kappa shape index (κ2) is 7.63. The summed E-state index contributed by atoms with van der Waals surface area (Å²) in [4.78, 5) is 7.69. The fourth-order valence-corrected chi connectivity index (χ4v) is 3.07. The van der Waals surface area contributed by atoms with Crippen molar-refractivity contribution >= 4 is 34.2 Å². The molecule has 0 aliphatic carbocycles. The van der Waals surface area contributed by atoms with Crippen molar-refractivity contribution in [3.63, 3.8) is 0 Å². The lowest BCUT2D eigenvalue weighted by Crippen LogP contribution is -2.00. The Labute approximate surface area is 166 Å². The number of hydrogen-bond donors (Lipinski definition) is 2. The van der Waals surface area contributed by atoms with Gasteiger partial charge in [0.25, 0.3) is 5.95 Å². The lowest BCUT2D eigenvalue weighted by Gasteiger charge is -2.12. The zero-order valence-corrected chi connectivity index (χ0v) is 16.5. The molecule has 2 aromatic heterocycles. The van der Waals surface area contributed by atoms with Crippen molar-refractivity contribution < 1.29 is 14.2 Å². The number of aryl methyl sites for hydroxylation is 1. The molecule has 2 heterocycles. The molecule has 0 bridgehead atoms. The summed E-state index contributed by atoms with van der Waals surface area (Å²) in [5.41, 5.74) is 7.03. The van der Waals surface area contributed by atoms with Gasteiger partial charge in [0.2, 0.25) is 5.75 Å². The fraction of sp³-hybridized carbons (Fsp3) is 0.200. The molecule has 0 fully saturated rings. The monoisotopic (exact) mass is 392 g/mol. The number of hydrazone groups is 1. The van der Waals surface area contributed by atoms with Gasteiger partial charge in [-0.2, -0.15) is 10.1 Å². The van der Waals surface area contributed by atoms with Crippen molar-refractivity contribution in [1.29, 1.82) is 0 Å². The van der Waals surface area contributed by atoms with Crippen LogP contribution in [0, 0.1) is 6.92 Å². The molecule has 0 aliphatic rings. The second-order valence-corrected chi connectivity index (χ2v) is 6.34. The van der Waals surface area contributed by atoms with Crippen molar-refractivity contribution in [2.24, 2.45) is 5.10 Å². The maximum atomic E-state index is 5.34. The van der Waals surface area contributed by atoms with Gasteiger partial charge in [0, 0.05) is 16.5 Å². The van der Waals surface area contributed by atoms with Crippen LogP contribution >= 0.6 is 0 Å². The minimum absolute atomic E-state index is 0.282. The molecule has 29 heavy (non-hydrogen) atoms. The summed E-state index contributed by atoms with van der Waals surface area (Å²) in [6.45, 7) is 2.03. The van der Waals surface area contributed by atoms with Crippen LogP contribution in [0.3, 0.4) is 0 Å². The molecule has 4 rings (SSSR count). The quantitative estimate of drug-likeness (QED) is 0.383. The van der Waals surface area contributed by atoms with E-state index >= 15 is 0 Å². The van der Waals surface area contributed by atoms with Crippen molar-refractivity contribution in [2.45, 2.75) is 6.92 Å². The number of nitrogens with one attached hydrogen (secondary N) is 2. The summed E-state index contributed by atoms with van der Waals surface area (Å²) in [7, 11) is 4.68. The van der Waals surface area contributed by atoms with E-state index in [4.69, 9.17) is 14.2 Å². The van der Waals surface area contributed by atoms with Crippen LogP contribution in [0.25, 0.3) is 22.1 Å². The molecule has 0 atom stereocenters. The lowest BCUT2D eigenvalue weighted by molar-refractivity contribution is 0.324. The van der Waals surface area contributed by atoms with Crippen LogP contribution in [0.5, 0.6) is 17.2 Å². The van der Waals surface area contributed by atoms with E-state index in [1.54, 1.807) is 39.7 Å². The molecule has 0 aliphatic heterocycles. The molecular weight excluding hydrogens is 372 g/mol. The molecule has 2 N–H and O–H groups in total. The van der Waals surface area contributed by atoms with Gasteiger partial charge in [-0.1, -0.05) is 11.6 Å². The number of ether oxygens (including phenoxy) is 3. The highest BCUT2D eigenvalue weighted by atomic mass is 16.5. The van der Waals surface area contributed by atoms with E-state index in [0.717, 1.165) is 27.5 Å². The van der Waals surface area contributed by atoms with Gasteiger partial charge in [-0.3, -0.25) is 0 Å². The number of aromatic amines is 1. The van der Waals surface area contributed by atoms with Crippen LogP contribution in [-0.2, 0) is 0 Å². The van der Waals surface area contributed by atoms with Crippen molar-refractivity contribution in [2.75, 3.05) is 26.8 Å². The largest absolute Gasteiger partial charge is 0.493 e. The van der Waals surface area contributed by atoms with Gasteiger partial charge >= 0.3 is 0 Å². The van der Waals surface area contributed by atoms with E-state index in [1.165, 1.54) is 0 Å². The van der Waals surface area contributed by atoms with Crippen LogP contribution < -0.4 is 19.6 Å². The molecule has 2 aromatic carbocycles. The average Bonchev–Trinajstić information content (AvgIpc) is 3.09. The van der Waals surface area contributed by atoms with E-state index in [-0.39, 0.29) is 5.95 Å². The molecule has 148 valence electrons. The first-order valence-electron chi connectivity index (χ1n) is 8.84. The van der Waals surface area contributed by atoms with Gasteiger partial charge in [0.05, 0.1) is 27.5 Å². The molecule has 0 spiro atoms. The van der Waals surface area contributed by atoms with E-state index < -0.39 is 0 Å². The van der Waals surface area contributed by atoms with Crippen molar-refractivity contribution in [3.05, 3.63) is 41.5 Å². The topological polar surface area (TPSA) is 107 Å². The van der Waals surface area contributed by atoms with Crippen LogP contribution in [0.1, 0.15) is 11.1 Å². The molecule has 9 heteroatoms. The summed E-state index contributed by atoms with van der Waals surface area (Å²) in [5, 5.41) is 13.6. The molecular formula is C20H20N6O3. The van der Waals surface area contributed by atoms with Crippen molar-refractivity contribution in [3.8, 4) is 17.2 Å². The Hall–Kier alpha value is -3.88. The third kappa shape index (κ3) is 3.49.